The van der Waals surface area contributed by atoms with Crippen LogP contribution in [-0.2, 0) is 20.7 Å². The molecule has 1 N–H and O–H groups in total. The van der Waals surface area contributed by atoms with Crippen LogP contribution >= 0.6 is 22.7 Å². The van der Waals surface area contributed by atoms with Crippen molar-refractivity contribution in [3.63, 3.8) is 0 Å². The molecule has 2 aromatic heterocycles. The molecule has 0 aromatic carbocycles. The Hall–Kier alpha value is -1.73. The van der Waals surface area contributed by atoms with Crippen LogP contribution in [0.25, 0.3) is 0 Å². The predicted octanol–water partition coefficient (Wildman–Crippen LogP) is 3.29. The second-order valence-corrected chi connectivity index (χ2v) is 7.29. The van der Waals surface area contributed by atoms with Crippen LogP contribution in [0.2, 0.25) is 0 Å². The van der Waals surface area contributed by atoms with E-state index in [9.17, 15) is 9.59 Å². The third-order valence-corrected chi connectivity index (χ3v) is 5.41. The Bertz CT molecular complexity index is 650. The quantitative estimate of drug-likeness (QED) is 0.777. The SMILES string of the molecule is COC(=O)CC(NC(=O)Cc1csc(C(C)C)n1)c1cccs1. The van der Waals surface area contributed by atoms with Gasteiger partial charge < -0.3 is 10.1 Å². The van der Waals surface area contributed by atoms with Crippen LogP contribution in [0.4, 0.5) is 0 Å². The van der Waals surface area contributed by atoms with Crippen LogP contribution in [0.3, 0.4) is 0 Å². The van der Waals surface area contributed by atoms with Gasteiger partial charge in [-0.15, -0.1) is 22.7 Å². The molecule has 5 nitrogen and oxygen atoms in total. The maximum absolute atomic E-state index is 12.3. The number of thiophene rings is 1. The average Bonchev–Trinajstić information content (AvgIpc) is 3.17. The van der Waals surface area contributed by atoms with Gasteiger partial charge in [0, 0.05) is 16.2 Å². The maximum Gasteiger partial charge on any atom is 0.307 e. The minimum absolute atomic E-state index is 0.122. The lowest BCUT2D eigenvalue weighted by molar-refractivity contribution is -0.141. The van der Waals surface area contributed by atoms with Crippen LogP contribution in [0.1, 0.15) is 47.8 Å². The van der Waals surface area contributed by atoms with Gasteiger partial charge in [0.2, 0.25) is 5.91 Å². The highest BCUT2D eigenvalue weighted by Gasteiger charge is 2.20. The zero-order chi connectivity index (χ0) is 16.8. The van der Waals surface area contributed by atoms with Gasteiger partial charge in [-0.1, -0.05) is 19.9 Å². The maximum atomic E-state index is 12.3. The van der Waals surface area contributed by atoms with E-state index >= 15 is 0 Å². The molecule has 1 atom stereocenters. The summed E-state index contributed by atoms with van der Waals surface area (Å²) in [7, 11) is 1.35. The Morgan fingerprint density at radius 2 is 2.13 bits per heavy atom. The van der Waals surface area contributed by atoms with E-state index in [1.54, 1.807) is 11.3 Å². The highest BCUT2D eigenvalue weighted by atomic mass is 32.1. The average molecular weight is 352 g/mol. The van der Waals surface area contributed by atoms with E-state index in [1.807, 2.05) is 22.9 Å². The lowest BCUT2D eigenvalue weighted by Gasteiger charge is -2.16. The van der Waals surface area contributed by atoms with E-state index < -0.39 is 0 Å². The Morgan fingerprint density at radius 3 is 2.70 bits per heavy atom. The van der Waals surface area contributed by atoms with E-state index in [4.69, 9.17) is 4.74 Å². The first kappa shape index (κ1) is 17.6. The molecule has 7 heteroatoms. The summed E-state index contributed by atoms with van der Waals surface area (Å²) in [6.07, 6.45) is 0.337. The van der Waals surface area contributed by atoms with Gasteiger partial charge in [0.1, 0.15) is 0 Å². The van der Waals surface area contributed by atoms with Crippen molar-refractivity contribution >= 4 is 34.6 Å². The van der Waals surface area contributed by atoms with Crippen molar-refractivity contribution in [3.05, 3.63) is 38.5 Å². The fraction of sp³-hybridized carbons (Fsp3) is 0.438. The van der Waals surface area contributed by atoms with Gasteiger partial charge in [0.15, 0.2) is 0 Å². The van der Waals surface area contributed by atoms with Crippen molar-refractivity contribution in [2.75, 3.05) is 7.11 Å². The highest BCUT2D eigenvalue weighted by molar-refractivity contribution is 7.10. The smallest absolute Gasteiger partial charge is 0.307 e. The van der Waals surface area contributed by atoms with Crippen LogP contribution < -0.4 is 5.32 Å². The lowest BCUT2D eigenvalue weighted by atomic mass is 10.1. The largest absolute Gasteiger partial charge is 0.469 e. The molecule has 2 aromatic rings. The molecular weight excluding hydrogens is 332 g/mol. The molecule has 0 radical (unpaired) electrons. The number of amides is 1. The van der Waals surface area contributed by atoms with Crippen LogP contribution in [0.5, 0.6) is 0 Å². The summed E-state index contributed by atoms with van der Waals surface area (Å²) in [5.41, 5.74) is 0.763. The van der Waals surface area contributed by atoms with E-state index in [2.05, 4.69) is 24.1 Å². The van der Waals surface area contributed by atoms with Crippen molar-refractivity contribution in [3.8, 4) is 0 Å². The molecule has 23 heavy (non-hydrogen) atoms. The number of rotatable bonds is 7. The number of nitrogens with zero attached hydrogens (tertiary/aromatic N) is 1. The number of carbonyl (C=O) groups excluding carboxylic acids is 2. The Kier molecular flexibility index (Phi) is 6.29. The molecule has 1 amide bonds. The molecule has 2 heterocycles. The summed E-state index contributed by atoms with van der Waals surface area (Å²) < 4.78 is 4.71. The first-order valence-electron chi connectivity index (χ1n) is 7.33. The van der Waals surface area contributed by atoms with Crippen molar-refractivity contribution in [1.82, 2.24) is 10.3 Å². The molecule has 0 bridgehead atoms. The first-order valence-corrected chi connectivity index (χ1v) is 9.09. The van der Waals surface area contributed by atoms with Crippen molar-refractivity contribution in [1.29, 1.82) is 0 Å². The Morgan fingerprint density at radius 1 is 1.35 bits per heavy atom. The van der Waals surface area contributed by atoms with Crippen molar-refractivity contribution in [2.24, 2.45) is 0 Å². The molecule has 0 saturated heterocycles. The molecular formula is C16H20N2O3S2. The van der Waals surface area contributed by atoms with Crippen LogP contribution in [0, 0.1) is 0 Å². The molecule has 0 aliphatic carbocycles. The second-order valence-electron chi connectivity index (χ2n) is 5.42. The molecule has 2 rings (SSSR count). The summed E-state index contributed by atoms with van der Waals surface area (Å²) in [4.78, 5) is 29.2. The van der Waals surface area contributed by atoms with E-state index in [-0.39, 0.29) is 30.8 Å². The van der Waals surface area contributed by atoms with Gasteiger partial charge in [-0.3, -0.25) is 9.59 Å². The van der Waals surface area contributed by atoms with Gasteiger partial charge >= 0.3 is 5.97 Å². The highest BCUT2D eigenvalue weighted by Crippen LogP contribution is 2.23. The molecule has 0 aliphatic heterocycles. The van der Waals surface area contributed by atoms with Crippen molar-refractivity contribution in [2.45, 2.75) is 38.6 Å². The number of hydrogen-bond donors (Lipinski definition) is 1. The number of thiazole rings is 1. The lowest BCUT2D eigenvalue weighted by Crippen LogP contribution is -2.31. The van der Waals surface area contributed by atoms with Gasteiger partial charge in [0.25, 0.3) is 0 Å². The molecule has 124 valence electrons. The predicted molar refractivity (Wildman–Crippen MR) is 91.7 cm³/mol. The van der Waals surface area contributed by atoms with Crippen LogP contribution in [0.15, 0.2) is 22.9 Å². The first-order chi connectivity index (χ1) is 11.0. The summed E-state index contributed by atoms with van der Waals surface area (Å²) in [5.74, 6) is -0.137. The summed E-state index contributed by atoms with van der Waals surface area (Å²) in [6.45, 7) is 4.15. The normalized spacial score (nSPS) is 12.2. The number of ether oxygens (including phenoxy) is 1. The standard InChI is InChI=1S/C16H20N2O3S2/c1-10(2)16-17-11(9-23-16)7-14(19)18-12(8-15(20)21-3)13-5-4-6-22-13/h4-6,9-10,12H,7-8H2,1-3H3,(H,18,19). The molecule has 1 unspecified atom stereocenters. The number of nitrogens with one attached hydrogen (secondary N) is 1. The molecule has 0 aliphatic rings. The zero-order valence-electron chi connectivity index (χ0n) is 13.4. The van der Waals surface area contributed by atoms with Gasteiger partial charge in [-0.25, -0.2) is 4.98 Å². The Labute approximate surface area is 143 Å². The van der Waals surface area contributed by atoms with Gasteiger partial charge in [-0.2, -0.15) is 0 Å². The monoisotopic (exact) mass is 352 g/mol. The zero-order valence-corrected chi connectivity index (χ0v) is 15.0. The fourth-order valence-corrected chi connectivity index (χ4v) is 3.65. The number of esters is 1. The summed E-state index contributed by atoms with van der Waals surface area (Å²) in [6, 6.07) is 3.43. The molecule has 0 fully saturated rings. The minimum atomic E-state index is -0.363. The fourth-order valence-electron chi connectivity index (χ4n) is 2.04. The number of methoxy groups -OCH3 is 1. The summed E-state index contributed by atoms with van der Waals surface area (Å²) >= 11 is 3.07. The Balaban J connectivity index is 2.00. The molecule has 0 saturated carbocycles. The topological polar surface area (TPSA) is 68.3 Å². The van der Waals surface area contributed by atoms with E-state index in [0.717, 1.165) is 15.6 Å². The van der Waals surface area contributed by atoms with Gasteiger partial charge in [0.05, 0.1) is 36.7 Å². The summed E-state index contributed by atoms with van der Waals surface area (Å²) in [5, 5.41) is 7.76. The van der Waals surface area contributed by atoms with E-state index in [1.165, 1.54) is 18.4 Å². The number of carbonyl (C=O) groups is 2. The second kappa shape index (κ2) is 8.21. The van der Waals surface area contributed by atoms with E-state index in [0.29, 0.717) is 5.92 Å². The third kappa shape index (κ3) is 5.14. The van der Waals surface area contributed by atoms with Crippen molar-refractivity contribution < 1.29 is 14.3 Å². The number of hydrogen-bond acceptors (Lipinski definition) is 6. The molecule has 0 spiro atoms. The number of aromatic nitrogens is 1. The minimum Gasteiger partial charge on any atom is -0.469 e. The van der Waals surface area contributed by atoms with Crippen LogP contribution in [-0.4, -0.2) is 24.0 Å². The van der Waals surface area contributed by atoms with Gasteiger partial charge in [-0.05, 0) is 11.4 Å². The third-order valence-electron chi connectivity index (χ3n) is 3.23.